The Morgan fingerprint density at radius 3 is 2.64 bits per heavy atom. The van der Waals surface area contributed by atoms with Gasteiger partial charge in [-0.05, 0) is 37.3 Å². The topological polar surface area (TPSA) is 100 Å². The van der Waals surface area contributed by atoms with Crippen LogP contribution in [0.3, 0.4) is 0 Å². The Morgan fingerprint density at radius 2 is 1.93 bits per heavy atom. The molecule has 1 aromatic carbocycles. The van der Waals surface area contributed by atoms with Crippen LogP contribution >= 0.6 is 11.6 Å². The molecule has 0 radical (unpaired) electrons. The number of ether oxygens (including phenoxy) is 2. The first-order valence-corrected chi connectivity index (χ1v) is 8.78. The first kappa shape index (κ1) is 19.4. The molecule has 1 amide bonds. The fourth-order valence-corrected chi connectivity index (χ4v) is 2.54. The molecule has 2 heterocycles. The number of nitrogens with one attached hydrogen (secondary N) is 1. The van der Waals surface area contributed by atoms with Crippen molar-refractivity contribution in [2.24, 2.45) is 7.05 Å². The molecule has 0 unspecified atom stereocenters. The Hall–Kier alpha value is -3.33. The second-order valence-electron chi connectivity index (χ2n) is 5.65. The van der Waals surface area contributed by atoms with Crippen molar-refractivity contribution in [2.45, 2.75) is 13.7 Å². The van der Waals surface area contributed by atoms with Crippen LogP contribution in [0.15, 0.2) is 42.7 Å². The molecule has 3 aromatic rings. The number of nitrogens with zero attached hydrogens (tertiary/aromatic N) is 4. The van der Waals surface area contributed by atoms with Crippen LogP contribution in [0.4, 0.5) is 5.82 Å². The zero-order chi connectivity index (χ0) is 20.1. The van der Waals surface area contributed by atoms with E-state index < -0.39 is 11.9 Å². The molecular formula is C18H18ClN5O4. The van der Waals surface area contributed by atoms with Crippen molar-refractivity contribution in [2.75, 3.05) is 11.9 Å². The van der Waals surface area contributed by atoms with Crippen LogP contribution in [0.25, 0.3) is 0 Å². The minimum absolute atomic E-state index is 0.0213. The van der Waals surface area contributed by atoms with Gasteiger partial charge in [0.05, 0.1) is 12.8 Å². The SMILES string of the molecule is CCOC(=O)c1cnn(C)c1NC(=O)c1ccnn1COc1ccc(Cl)cc1. The van der Waals surface area contributed by atoms with Gasteiger partial charge in [-0.2, -0.15) is 10.2 Å². The van der Waals surface area contributed by atoms with E-state index in [4.69, 9.17) is 21.1 Å². The van der Waals surface area contributed by atoms with Crippen molar-refractivity contribution in [3.8, 4) is 5.75 Å². The zero-order valence-electron chi connectivity index (χ0n) is 15.3. The lowest BCUT2D eigenvalue weighted by molar-refractivity contribution is 0.0527. The van der Waals surface area contributed by atoms with E-state index in [-0.39, 0.29) is 30.4 Å². The molecular weight excluding hydrogens is 386 g/mol. The van der Waals surface area contributed by atoms with Crippen LogP contribution in [0.1, 0.15) is 27.8 Å². The van der Waals surface area contributed by atoms with Crippen molar-refractivity contribution >= 4 is 29.3 Å². The van der Waals surface area contributed by atoms with E-state index in [0.717, 1.165) is 0 Å². The van der Waals surface area contributed by atoms with Gasteiger partial charge in [-0.1, -0.05) is 11.6 Å². The molecule has 0 bridgehead atoms. The van der Waals surface area contributed by atoms with Gasteiger partial charge in [-0.15, -0.1) is 0 Å². The maximum Gasteiger partial charge on any atom is 0.343 e. The van der Waals surface area contributed by atoms with E-state index in [1.165, 1.54) is 21.8 Å². The molecule has 2 aromatic heterocycles. The van der Waals surface area contributed by atoms with Crippen molar-refractivity contribution < 1.29 is 19.1 Å². The van der Waals surface area contributed by atoms with Gasteiger partial charge in [-0.25, -0.2) is 9.48 Å². The fourth-order valence-electron chi connectivity index (χ4n) is 2.41. The van der Waals surface area contributed by atoms with Crippen LogP contribution in [0.2, 0.25) is 5.02 Å². The molecule has 0 saturated heterocycles. The molecule has 0 saturated carbocycles. The van der Waals surface area contributed by atoms with Crippen LogP contribution in [0, 0.1) is 0 Å². The highest BCUT2D eigenvalue weighted by atomic mass is 35.5. The molecule has 0 aliphatic carbocycles. The third-order valence-corrected chi connectivity index (χ3v) is 4.03. The van der Waals surface area contributed by atoms with Crippen LogP contribution < -0.4 is 10.1 Å². The number of hydrogen-bond acceptors (Lipinski definition) is 6. The number of halogens is 1. The van der Waals surface area contributed by atoms with E-state index in [1.54, 1.807) is 44.3 Å². The smallest absolute Gasteiger partial charge is 0.343 e. The van der Waals surface area contributed by atoms with E-state index in [2.05, 4.69) is 15.5 Å². The van der Waals surface area contributed by atoms with Crippen LogP contribution in [-0.4, -0.2) is 38.0 Å². The Labute approximate surface area is 165 Å². The maximum atomic E-state index is 12.7. The average Bonchev–Trinajstić information content (AvgIpc) is 3.29. The lowest BCUT2D eigenvalue weighted by Gasteiger charge is -2.11. The second-order valence-corrected chi connectivity index (χ2v) is 6.08. The third kappa shape index (κ3) is 4.32. The van der Waals surface area contributed by atoms with Crippen molar-refractivity contribution in [3.63, 3.8) is 0 Å². The number of rotatable bonds is 7. The van der Waals surface area contributed by atoms with Gasteiger partial charge in [-0.3, -0.25) is 9.48 Å². The molecule has 28 heavy (non-hydrogen) atoms. The first-order chi connectivity index (χ1) is 13.5. The standard InChI is InChI=1S/C18H18ClN5O4/c1-3-27-18(26)14-10-21-23(2)16(14)22-17(25)15-8-9-20-24(15)11-28-13-6-4-12(19)5-7-13/h4-10H,3,11H2,1-2H3,(H,22,25). The monoisotopic (exact) mass is 403 g/mol. The lowest BCUT2D eigenvalue weighted by Crippen LogP contribution is -2.22. The van der Waals surface area contributed by atoms with E-state index >= 15 is 0 Å². The van der Waals surface area contributed by atoms with Crippen molar-refractivity contribution in [1.82, 2.24) is 19.6 Å². The average molecular weight is 404 g/mol. The minimum Gasteiger partial charge on any atom is -0.471 e. The van der Waals surface area contributed by atoms with Gasteiger partial charge in [0.15, 0.2) is 6.73 Å². The number of benzene rings is 1. The number of carbonyl (C=O) groups is 2. The van der Waals surface area contributed by atoms with Gasteiger partial charge in [0, 0.05) is 18.3 Å². The molecule has 9 nitrogen and oxygen atoms in total. The summed E-state index contributed by atoms with van der Waals surface area (Å²) in [5.74, 6) is -0.214. The minimum atomic E-state index is -0.564. The van der Waals surface area contributed by atoms with E-state index in [9.17, 15) is 9.59 Å². The summed E-state index contributed by atoms with van der Waals surface area (Å²) in [6, 6.07) is 8.38. The highest BCUT2D eigenvalue weighted by molar-refractivity contribution is 6.30. The predicted octanol–water partition coefficient (Wildman–Crippen LogP) is 2.74. The van der Waals surface area contributed by atoms with Gasteiger partial charge in [0.1, 0.15) is 22.8 Å². The van der Waals surface area contributed by atoms with E-state index in [1.807, 2.05) is 0 Å². The third-order valence-electron chi connectivity index (χ3n) is 3.78. The molecule has 10 heteroatoms. The van der Waals surface area contributed by atoms with Gasteiger partial charge in [0.25, 0.3) is 5.91 Å². The molecule has 0 aliphatic rings. The Bertz CT molecular complexity index is 980. The largest absolute Gasteiger partial charge is 0.471 e. The summed E-state index contributed by atoms with van der Waals surface area (Å²) in [5, 5.41) is 11.4. The summed E-state index contributed by atoms with van der Waals surface area (Å²) >= 11 is 5.85. The second kappa shape index (κ2) is 8.57. The van der Waals surface area contributed by atoms with Crippen LogP contribution in [0.5, 0.6) is 5.75 Å². The quantitative estimate of drug-likeness (QED) is 0.609. The molecule has 1 N–H and O–H groups in total. The summed E-state index contributed by atoms with van der Waals surface area (Å²) in [6.45, 7) is 1.94. The summed E-state index contributed by atoms with van der Waals surface area (Å²) in [7, 11) is 1.61. The molecule has 0 atom stereocenters. The summed E-state index contributed by atoms with van der Waals surface area (Å²) in [4.78, 5) is 24.7. The Balaban J connectivity index is 1.73. The number of esters is 1. The molecule has 0 fully saturated rings. The normalized spacial score (nSPS) is 10.5. The number of amides is 1. The van der Waals surface area contributed by atoms with Gasteiger partial charge in [0.2, 0.25) is 0 Å². The number of hydrogen-bond donors (Lipinski definition) is 1. The fraction of sp³-hybridized carbons (Fsp3) is 0.222. The summed E-state index contributed by atoms with van der Waals surface area (Å²) < 4.78 is 13.4. The predicted molar refractivity (Wildman–Crippen MR) is 101 cm³/mol. The number of anilines is 1. The summed E-state index contributed by atoms with van der Waals surface area (Å²) in [5.41, 5.74) is 0.422. The summed E-state index contributed by atoms with van der Waals surface area (Å²) in [6.07, 6.45) is 2.82. The lowest BCUT2D eigenvalue weighted by atomic mass is 10.3. The van der Waals surface area contributed by atoms with Gasteiger partial charge < -0.3 is 14.8 Å². The maximum absolute atomic E-state index is 12.7. The Morgan fingerprint density at radius 1 is 1.18 bits per heavy atom. The van der Waals surface area contributed by atoms with Gasteiger partial charge >= 0.3 is 5.97 Å². The number of carbonyl (C=O) groups excluding carboxylic acids is 2. The first-order valence-electron chi connectivity index (χ1n) is 8.40. The van der Waals surface area contributed by atoms with E-state index in [0.29, 0.717) is 10.8 Å². The zero-order valence-corrected chi connectivity index (χ0v) is 16.0. The molecule has 3 rings (SSSR count). The van der Waals surface area contributed by atoms with Crippen molar-refractivity contribution in [3.05, 3.63) is 59.0 Å². The Kier molecular flexibility index (Phi) is 5.95. The molecule has 0 spiro atoms. The molecule has 0 aliphatic heterocycles. The number of aryl methyl sites for hydroxylation is 1. The van der Waals surface area contributed by atoms with Crippen molar-refractivity contribution in [1.29, 1.82) is 0 Å². The molecule has 146 valence electrons. The number of aromatic nitrogens is 4. The highest BCUT2D eigenvalue weighted by Crippen LogP contribution is 2.18. The highest BCUT2D eigenvalue weighted by Gasteiger charge is 2.21. The van der Waals surface area contributed by atoms with Crippen LogP contribution in [-0.2, 0) is 18.5 Å².